The Kier molecular flexibility index (Phi) is 4.19. The number of carboxylic acid groups (broad SMARTS) is 1. The van der Waals surface area contributed by atoms with Crippen LogP contribution in [-0.4, -0.2) is 45.5 Å². The van der Waals surface area contributed by atoms with Crippen molar-refractivity contribution in [1.29, 1.82) is 0 Å². The summed E-state index contributed by atoms with van der Waals surface area (Å²) in [5, 5.41) is 8.77. The van der Waals surface area contributed by atoms with Gasteiger partial charge >= 0.3 is 5.97 Å². The zero-order valence-corrected chi connectivity index (χ0v) is 12.7. The largest absolute Gasteiger partial charge is 0.477 e. The second-order valence-corrected chi connectivity index (χ2v) is 9.75. The Hall–Kier alpha value is -0.970. The van der Waals surface area contributed by atoms with Crippen LogP contribution in [0.25, 0.3) is 0 Å². The molecule has 0 spiro atoms. The highest BCUT2D eigenvalue weighted by Crippen LogP contribution is 2.23. The number of hydrogen-bond donors (Lipinski definition) is 2. The molecule has 0 bridgehead atoms. The van der Waals surface area contributed by atoms with Gasteiger partial charge in [0.15, 0.2) is 9.84 Å². The Morgan fingerprint density at radius 3 is 2.65 bits per heavy atom. The summed E-state index contributed by atoms with van der Waals surface area (Å²) >= 11 is 0.637. The maximum absolute atomic E-state index is 12.1. The molecule has 1 aliphatic heterocycles. The number of rotatable bonds is 4. The van der Waals surface area contributed by atoms with Gasteiger partial charge < -0.3 is 5.11 Å². The van der Waals surface area contributed by atoms with E-state index in [4.69, 9.17) is 5.11 Å². The van der Waals surface area contributed by atoms with Gasteiger partial charge in [-0.05, 0) is 25.0 Å². The van der Waals surface area contributed by atoms with Gasteiger partial charge in [0, 0.05) is 6.04 Å². The van der Waals surface area contributed by atoms with Crippen LogP contribution < -0.4 is 4.72 Å². The molecule has 0 saturated carbocycles. The Morgan fingerprint density at radius 2 is 2.10 bits per heavy atom. The zero-order chi connectivity index (χ0) is 15.0. The van der Waals surface area contributed by atoms with Crippen LogP contribution >= 0.6 is 11.3 Å². The summed E-state index contributed by atoms with van der Waals surface area (Å²) in [7, 11) is -7.09. The van der Waals surface area contributed by atoms with Crippen LogP contribution in [0.15, 0.2) is 16.3 Å². The van der Waals surface area contributed by atoms with E-state index in [2.05, 4.69) is 4.72 Å². The lowest BCUT2D eigenvalue weighted by Gasteiger charge is -2.22. The highest BCUT2D eigenvalue weighted by atomic mass is 32.2. The summed E-state index contributed by atoms with van der Waals surface area (Å²) in [6, 6.07) is 1.75. The average molecular weight is 339 g/mol. The van der Waals surface area contributed by atoms with E-state index in [1.54, 1.807) is 0 Å². The van der Waals surface area contributed by atoms with Crippen molar-refractivity contribution < 1.29 is 26.7 Å². The zero-order valence-electron chi connectivity index (χ0n) is 10.3. The van der Waals surface area contributed by atoms with Crippen LogP contribution in [-0.2, 0) is 19.9 Å². The minimum absolute atomic E-state index is 0.0768. The summed E-state index contributed by atoms with van der Waals surface area (Å²) in [5.74, 6) is -1.34. The first-order chi connectivity index (χ1) is 9.20. The van der Waals surface area contributed by atoms with Crippen LogP contribution in [0.4, 0.5) is 0 Å². The highest BCUT2D eigenvalue weighted by molar-refractivity contribution is 7.92. The van der Waals surface area contributed by atoms with E-state index in [1.165, 1.54) is 12.1 Å². The maximum Gasteiger partial charge on any atom is 0.345 e. The van der Waals surface area contributed by atoms with Crippen LogP contribution in [0.2, 0.25) is 0 Å². The van der Waals surface area contributed by atoms with Gasteiger partial charge in [-0.2, -0.15) is 0 Å². The summed E-state index contributed by atoms with van der Waals surface area (Å²) in [5.41, 5.74) is 0. The van der Waals surface area contributed by atoms with Crippen LogP contribution in [0.1, 0.15) is 22.5 Å². The number of nitrogens with one attached hydrogen (secondary N) is 1. The van der Waals surface area contributed by atoms with Gasteiger partial charge in [0.05, 0.1) is 11.5 Å². The quantitative estimate of drug-likeness (QED) is 0.815. The van der Waals surface area contributed by atoms with Crippen molar-refractivity contribution in [2.45, 2.75) is 23.1 Å². The third kappa shape index (κ3) is 3.57. The highest BCUT2D eigenvalue weighted by Gasteiger charge is 2.29. The van der Waals surface area contributed by atoms with E-state index in [9.17, 15) is 21.6 Å². The van der Waals surface area contributed by atoms with Crippen molar-refractivity contribution in [3.8, 4) is 0 Å². The first kappa shape index (κ1) is 15.4. The Labute approximate surface area is 120 Å². The number of carbonyl (C=O) groups is 1. The van der Waals surface area contributed by atoms with Gasteiger partial charge in [-0.3, -0.25) is 0 Å². The lowest BCUT2D eigenvalue weighted by Crippen LogP contribution is -2.42. The smallest absolute Gasteiger partial charge is 0.345 e. The first-order valence-electron chi connectivity index (χ1n) is 5.75. The van der Waals surface area contributed by atoms with Gasteiger partial charge in [-0.1, -0.05) is 0 Å². The van der Waals surface area contributed by atoms with Gasteiger partial charge in [0.2, 0.25) is 10.0 Å². The molecule has 2 N–H and O–H groups in total. The monoisotopic (exact) mass is 339 g/mol. The molecule has 1 atom stereocenters. The molecule has 1 aromatic rings. The molecular weight excluding hydrogens is 326 g/mol. The van der Waals surface area contributed by atoms with Crippen LogP contribution in [0, 0.1) is 0 Å². The molecule has 0 radical (unpaired) electrons. The number of carboxylic acids is 1. The second kappa shape index (κ2) is 5.43. The molecule has 1 unspecified atom stereocenters. The third-order valence-electron chi connectivity index (χ3n) is 2.84. The number of sulfonamides is 1. The summed E-state index contributed by atoms with van der Waals surface area (Å²) < 4.78 is 49.3. The number of aromatic carboxylic acids is 1. The van der Waals surface area contributed by atoms with E-state index in [0.29, 0.717) is 24.2 Å². The molecule has 1 saturated heterocycles. The van der Waals surface area contributed by atoms with E-state index in [1.807, 2.05) is 0 Å². The van der Waals surface area contributed by atoms with Crippen molar-refractivity contribution in [2.24, 2.45) is 0 Å². The molecule has 0 amide bonds. The molecule has 0 aromatic carbocycles. The molecule has 10 heteroatoms. The van der Waals surface area contributed by atoms with Crippen LogP contribution in [0.3, 0.4) is 0 Å². The molecular formula is C10H13NO6S3. The van der Waals surface area contributed by atoms with Gasteiger partial charge in [-0.15, -0.1) is 11.3 Å². The molecule has 7 nitrogen and oxygen atoms in total. The molecule has 112 valence electrons. The van der Waals surface area contributed by atoms with Crippen molar-refractivity contribution in [2.75, 3.05) is 11.5 Å². The minimum Gasteiger partial charge on any atom is -0.477 e. The Balaban J connectivity index is 2.16. The Morgan fingerprint density at radius 1 is 1.40 bits per heavy atom. The van der Waals surface area contributed by atoms with E-state index in [0.717, 1.165) is 0 Å². The van der Waals surface area contributed by atoms with E-state index in [-0.39, 0.29) is 20.6 Å². The van der Waals surface area contributed by atoms with E-state index >= 15 is 0 Å². The van der Waals surface area contributed by atoms with Crippen molar-refractivity contribution >= 4 is 37.2 Å². The summed E-state index contributed by atoms with van der Waals surface area (Å²) in [4.78, 5) is 10.7. The Bertz CT molecular complexity index is 718. The molecule has 1 fully saturated rings. The molecule has 20 heavy (non-hydrogen) atoms. The first-order valence-corrected chi connectivity index (χ1v) is 9.88. The molecule has 0 aliphatic carbocycles. The van der Waals surface area contributed by atoms with Gasteiger partial charge in [0.25, 0.3) is 0 Å². The lowest BCUT2D eigenvalue weighted by molar-refractivity contribution is 0.0702. The fourth-order valence-electron chi connectivity index (χ4n) is 1.97. The minimum atomic E-state index is -3.88. The number of sulfone groups is 1. The van der Waals surface area contributed by atoms with Crippen molar-refractivity contribution in [3.05, 3.63) is 17.0 Å². The normalized spacial score (nSPS) is 22.5. The summed E-state index contributed by atoms with van der Waals surface area (Å²) in [6.07, 6.45) is 0.871. The van der Waals surface area contributed by atoms with Crippen LogP contribution in [0.5, 0.6) is 0 Å². The summed E-state index contributed by atoms with van der Waals surface area (Å²) in [6.45, 7) is 0. The van der Waals surface area contributed by atoms with Gasteiger partial charge in [0.1, 0.15) is 9.09 Å². The second-order valence-electron chi connectivity index (χ2n) is 4.50. The maximum atomic E-state index is 12.1. The standard InChI is InChI=1S/C10H13NO6S3/c12-10(13)8-3-4-9(18-8)20(16,17)11-7-2-1-5-19(14,15)6-7/h3-4,7,11H,1-2,5-6H2,(H,12,13). The lowest BCUT2D eigenvalue weighted by atomic mass is 10.2. The van der Waals surface area contributed by atoms with E-state index < -0.39 is 31.9 Å². The molecule has 2 rings (SSSR count). The SMILES string of the molecule is O=C(O)c1ccc(S(=O)(=O)NC2CCCS(=O)(=O)C2)s1. The molecule has 1 aliphatic rings. The predicted octanol–water partition coefficient (Wildman–Crippen LogP) is 0.302. The predicted molar refractivity (Wildman–Crippen MR) is 73.3 cm³/mol. The fourth-order valence-corrected chi connectivity index (χ4v) is 6.15. The third-order valence-corrected chi connectivity index (χ3v) is 7.75. The number of hydrogen-bond acceptors (Lipinski definition) is 6. The molecule has 2 heterocycles. The van der Waals surface area contributed by atoms with Gasteiger partial charge in [-0.25, -0.2) is 26.4 Å². The molecule has 1 aromatic heterocycles. The fraction of sp³-hybridized carbons (Fsp3) is 0.500. The average Bonchev–Trinajstić information content (AvgIpc) is 2.76. The number of thiophene rings is 1. The van der Waals surface area contributed by atoms with Crippen molar-refractivity contribution in [1.82, 2.24) is 4.72 Å². The topological polar surface area (TPSA) is 118 Å². The van der Waals surface area contributed by atoms with Crippen molar-refractivity contribution in [3.63, 3.8) is 0 Å².